The van der Waals surface area contributed by atoms with Gasteiger partial charge in [0, 0.05) is 19.6 Å². The van der Waals surface area contributed by atoms with E-state index in [1.807, 2.05) is 0 Å². The Kier molecular flexibility index (Phi) is 5.19. The van der Waals surface area contributed by atoms with Crippen LogP contribution in [-0.4, -0.2) is 34.6 Å². The number of aromatic nitrogens is 3. The van der Waals surface area contributed by atoms with Gasteiger partial charge in [0.05, 0.1) is 0 Å². The van der Waals surface area contributed by atoms with Crippen molar-refractivity contribution >= 4 is 23.5 Å². The molecule has 19 heavy (non-hydrogen) atoms. The van der Waals surface area contributed by atoms with E-state index >= 15 is 0 Å². The molecule has 1 aromatic heterocycles. The van der Waals surface area contributed by atoms with Crippen molar-refractivity contribution in [1.82, 2.24) is 15.0 Å². The average Bonchev–Trinajstić information content (AvgIpc) is 2.60. The van der Waals surface area contributed by atoms with Crippen LogP contribution in [0, 0.1) is 5.92 Å². The van der Waals surface area contributed by atoms with E-state index < -0.39 is 0 Å². The standard InChI is InChI=1S/C13H22ClN5/c1-3-7-15-12-16-11(14)17-13(18-12)19-8-4-5-10(2)6-9-19/h10H,3-9H2,1-2H3,(H,15,16,17,18). The molecule has 6 heteroatoms. The van der Waals surface area contributed by atoms with Gasteiger partial charge >= 0.3 is 0 Å². The van der Waals surface area contributed by atoms with E-state index in [9.17, 15) is 0 Å². The summed E-state index contributed by atoms with van der Waals surface area (Å²) < 4.78 is 0. The summed E-state index contributed by atoms with van der Waals surface area (Å²) in [6.45, 7) is 7.24. The Morgan fingerprint density at radius 1 is 1.26 bits per heavy atom. The highest BCUT2D eigenvalue weighted by Gasteiger charge is 2.17. The maximum Gasteiger partial charge on any atom is 0.231 e. The fourth-order valence-corrected chi connectivity index (χ4v) is 2.42. The van der Waals surface area contributed by atoms with Gasteiger partial charge in [0.25, 0.3) is 0 Å². The second-order valence-electron chi connectivity index (χ2n) is 5.18. The molecule has 0 bridgehead atoms. The number of halogens is 1. The van der Waals surface area contributed by atoms with Gasteiger partial charge in [-0.15, -0.1) is 0 Å². The van der Waals surface area contributed by atoms with Gasteiger partial charge in [0.15, 0.2) is 0 Å². The normalized spacial score (nSPS) is 20.2. The Labute approximate surface area is 119 Å². The lowest BCUT2D eigenvalue weighted by Gasteiger charge is -2.20. The van der Waals surface area contributed by atoms with Crippen LogP contribution in [0.5, 0.6) is 0 Å². The average molecular weight is 284 g/mol. The molecule has 1 fully saturated rings. The fraction of sp³-hybridized carbons (Fsp3) is 0.769. The topological polar surface area (TPSA) is 53.9 Å². The fourth-order valence-electron chi connectivity index (χ4n) is 2.26. The molecule has 0 saturated carbocycles. The molecule has 1 aliphatic heterocycles. The Morgan fingerprint density at radius 2 is 2.11 bits per heavy atom. The summed E-state index contributed by atoms with van der Waals surface area (Å²) >= 11 is 5.99. The molecule has 0 aliphatic carbocycles. The second-order valence-corrected chi connectivity index (χ2v) is 5.52. The zero-order chi connectivity index (χ0) is 13.7. The molecule has 0 radical (unpaired) electrons. The lowest BCUT2D eigenvalue weighted by Crippen LogP contribution is -2.27. The van der Waals surface area contributed by atoms with Crippen molar-refractivity contribution in [3.8, 4) is 0 Å². The summed E-state index contributed by atoms with van der Waals surface area (Å²) in [6, 6.07) is 0. The summed E-state index contributed by atoms with van der Waals surface area (Å²) in [5.74, 6) is 2.06. The third-order valence-electron chi connectivity index (χ3n) is 3.43. The number of nitrogens with one attached hydrogen (secondary N) is 1. The molecule has 106 valence electrons. The molecule has 0 spiro atoms. The molecule has 1 N–H and O–H groups in total. The van der Waals surface area contributed by atoms with Crippen LogP contribution in [0.1, 0.15) is 39.5 Å². The SMILES string of the molecule is CCCNc1nc(Cl)nc(N2CCCC(C)CC2)n1. The van der Waals surface area contributed by atoms with Gasteiger partial charge in [-0.1, -0.05) is 13.8 Å². The molecule has 1 aromatic rings. The molecule has 2 rings (SSSR count). The van der Waals surface area contributed by atoms with Gasteiger partial charge in [0.2, 0.25) is 17.2 Å². The monoisotopic (exact) mass is 283 g/mol. The van der Waals surface area contributed by atoms with Crippen molar-refractivity contribution in [3.63, 3.8) is 0 Å². The van der Waals surface area contributed by atoms with Gasteiger partial charge in [0.1, 0.15) is 0 Å². The van der Waals surface area contributed by atoms with E-state index in [1.54, 1.807) is 0 Å². The minimum atomic E-state index is 0.265. The molecule has 5 nitrogen and oxygen atoms in total. The third kappa shape index (κ3) is 4.20. The predicted octanol–water partition coefficient (Wildman–Crippen LogP) is 2.97. The number of nitrogens with zero attached hydrogens (tertiary/aromatic N) is 4. The first-order chi connectivity index (χ1) is 9.19. The van der Waals surface area contributed by atoms with Crippen LogP contribution in [0.3, 0.4) is 0 Å². The van der Waals surface area contributed by atoms with Gasteiger partial charge in [-0.2, -0.15) is 15.0 Å². The molecule has 1 saturated heterocycles. The quantitative estimate of drug-likeness (QED) is 0.921. The lowest BCUT2D eigenvalue weighted by atomic mass is 10.0. The van der Waals surface area contributed by atoms with E-state index in [1.165, 1.54) is 19.3 Å². The summed E-state index contributed by atoms with van der Waals surface area (Å²) in [5.41, 5.74) is 0. The minimum Gasteiger partial charge on any atom is -0.354 e. The zero-order valence-corrected chi connectivity index (χ0v) is 12.4. The second kappa shape index (κ2) is 6.89. The van der Waals surface area contributed by atoms with Crippen molar-refractivity contribution in [1.29, 1.82) is 0 Å². The van der Waals surface area contributed by atoms with Gasteiger partial charge in [-0.05, 0) is 43.2 Å². The van der Waals surface area contributed by atoms with Crippen LogP contribution in [-0.2, 0) is 0 Å². The van der Waals surface area contributed by atoms with Crippen LogP contribution in [0.2, 0.25) is 5.28 Å². The predicted molar refractivity (Wildman–Crippen MR) is 78.8 cm³/mol. The van der Waals surface area contributed by atoms with E-state index in [4.69, 9.17) is 11.6 Å². The molecule has 1 unspecified atom stereocenters. The van der Waals surface area contributed by atoms with Crippen LogP contribution in [0.25, 0.3) is 0 Å². The Bertz CT molecular complexity index is 412. The van der Waals surface area contributed by atoms with E-state index in [-0.39, 0.29) is 5.28 Å². The molecule has 1 atom stereocenters. The van der Waals surface area contributed by atoms with Crippen molar-refractivity contribution in [2.24, 2.45) is 5.92 Å². The van der Waals surface area contributed by atoms with Gasteiger partial charge < -0.3 is 10.2 Å². The van der Waals surface area contributed by atoms with Crippen LogP contribution < -0.4 is 10.2 Å². The first-order valence-electron chi connectivity index (χ1n) is 7.09. The molecule has 0 amide bonds. The maximum absolute atomic E-state index is 5.99. The molecular formula is C13H22ClN5. The zero-order valence-electron chi connectivity index (χ0n) is 11.7. The van der Waals surface area contributed by atoms with E-state index in [2.05, 4.69) is 39.0 Å². The largest absolute Gasteiger partial charge is 0.354 e. The van der Waals surface area contributed by atoms with Crippen molar-refractivity contribution < 1.29 is 0 Å². The van der Waals surface area contributed by atoms with Crippen molar-refractivity contribution in [2.45, 2.75) is 39.5 Å². The Balaban J connectivity index is 2.11. The summed E-state index contributed by atoms with van der Waals surface area (Å²) in [5, 5.41) is 3.43. The highest BCUT2D eigenvalue weighted by molar-refractivity contribution is 6.28. The highest BCUT2D eigenvalue weighted by Crippen LogP contribution is 2.21. The van der Waals surface area contributed by atoms with Crippen LogP contribution >= 0.6 is 11.6 Å². The number of anilines is 2. The Hall–Kier alpha value is -1.10. The van der Waals surface area contributed by atoms with E-state index in [0.717, 1.165) is 32.0 Å². The minimum absolute atomic E-state index is 0.265. The summed E-state index contributed by atoms with van der Waals surface area (Å²) in [6.07, 6.45) is 4.67. The molecular weight excluding hydrogens is 262 g/mol. The van der Waals surface area contributed by atoms with Crippen LogP contribution in [0.15, 0.2) is 0 Å². The molecule has 0 aromatic carbocycles. The van der Waals surface area contributed by atoms with Crippen molar-refractivity contribution in [2.75, 3.05) is 29.9 Å². The van der Waals surface area contributed by atoms with E-state index in [0.29, 0.717) is 11.9 Å². The third-order valence-corrected chi connectivity index (χ3v) is 3.60. The number of rotatable bonds is 4. The first-order valence-corrected chi connectivity index (χ1v) is 7.47. The maximum atomic E-state index is 5.99. The summed E-state index contributed by atoms with van der Waals surface area (Å²) in [4.78, 5) is 15.1. The summed E-state index contributed by atoms with van der Waals surface area (Å²) in [7, 11) is 0. The van der Waals surface area contributed by atoms with Crippen LogP contribution in [0.4, 0.5) is 11.9 Å². The first kappa shape index (κ1) is 14.3. The van der Waals surface area contributed by atoms with Gasteiger partial charge in [-0.3, -0.25) is 0 Å². The van der Waals surface area contributed by atoms with Crippen molar-refractivity contribution in [3.05, 3.63) is 5.28 Å². The highest BCUT2D eigenvalue weighted by atomic mass is 35.5. The number of hydrogen-bond donors (Lipinski definition) is 1. The molecule has 2 heterocycles. The van der Waals surface area contributed by atoms with Gasteiger partial charge in [-0.25, -0.2) is 0 Å². The number of hydrogen-bond acceptors (Lipinski definition) is 5. The smallest absolute Gasteiger partial charge is 0.231 e. The Morgan fingerprint density at radius 3 is 2.89 bits per heavy atom. The molecule has 1 aliphatic rings. The lowest BCUT2D eigenvalue weighted by molar-refractivity contribution is 0.521.